The van der Waals surface area contributed by atoms with Crippen LogP contribution in [0.15, 0.2) is 24.3 Å². The summed E-state index contributed by atoms with van der Waals surface area (Å²) in [5, 5.41) is 0.869. The zero-order chi connectivity index (χ0) is 13.9. The fourth-order valence-electron chi connectivity index (χ4n) is 3.20. The highest BCUT2D eigenvalue weighted by Crippen LogP contribution is 2.35. The summed E-state index contributed by atoms with van der Waals surface area (Å²) in [5.41, 5.74) is 1.05. The third kappa shape index (κ3) is 2.58. The number of alkyl halides is 1. The molecule has 0 aliphatic carbocycles. The van der Waals surface area contributed by atoms with Crippen LogP contribution in [0.3, 0.4) is 0 Å². The standard InChI is InChI=1S/C16H20BrNO2/c17-10-12-6-2-1-5-9-18(12)16(19)14-11-20-15-8-4-3-7-13(14)15/h3-4,7-8,12,14H,1-2,5-6,9-11H2. The topological polar surface area (TPSA) is 29.5 Å². The van der Waals surface area contributed by atoms with Gasteiger partial charge in [0.15, 0.2) is 0 Å². The maximum atomic E-state index is 12.9. The van der Waals surface area contributed by atoms with Crippen LogP contribution in [0.2, 0.25) is 0 Å². The lowest BCUT2D eigenvalue weighted by Gasteiger charge is -2.30. The van der Waals surface area contributed by atoms with E-state index < -0.39 is 0 Å². The van der Waals surface area contributed by atoms with Crippen LogP contribution in [0.25, 0.3) is 0 Å². The van der Waals surface area contributed by atoms with Crippen molar-refractivity contribution in [2.24, 2.45) is 0 Å². The maximum absolute atomic E-state index is 12.9. The van der Waals surface area contributed by atoms with E-state index in [-0.39, 0.29) is 11.8 Å². The molecule has 2 heterocycles. The quantitative estimate of drug-likeness (QED) is 0.774. The smallest absolute Gasteiger partial charge is 0.234 e. The molecule has 0 radical (unpaired) electrons. The molecule has 1 amide bonds. The number of ether oxygens (including phenoxy) is 1. The number of halogens is 1. The van der Waals surface area contributed by atoms with Gasteiger partial charge in [0.25, 0.3) is 0 Å². The van der Waals surface area contributed by atoms with Gasteiger partial charge in [-0.3, -0.25) is 4.79 Å². The van der Waals surface area contributed by atoms with Crippen LogP contribution >= 0.6 is 15.9 Å². The first-order valence-corrected chi connectivity index (χ1v) is 8.51. The van der Waals surface area contributed by atoms with Crippen LogP contribution in [0.4, 0.5) is 0 Å². The molecule has 4 heteroatoms. The maximum Gasteiger partial charge on any atom is 0.234 e. The van der Waals surface area contributed by atoms with Gasteiger partial charge in [0, 0.05) is 23.5 Å². The Hall–Kier alpha value is -1.03. The zero-order valence-corrected chi connectivity index (χ0v) is 13.1. The molecule has 1 fully saturated rings. The van der Waals surface area contributed by atoms with Crippen molar-refractivity contribution in [1.82, 2.24) is 4.90 Å². The summed E-state index contributed by atoms with van der Waals surface area (Å²) in [5.74, 6) is 0.989. The van der Waals surface area contributed by atoms with E-state index in [1.807, 2.05) is 24.3 Å². The molecule has 108 valence electrons. The van der Waals surface area contributed by atoms with Gasteiger partial charge in [0.1, 0.15) is 18.3 Å². The summed E-state index contributed by atoms with van der Waals surface area (Å²) < 4.78 is 5.66. The predicted octanol–water partition coefficient (Wildman–Crippen LogP) is 3.33. The monoisotopic (exact) mass is 337 g/mol. The lowest BCUT2D eigenvalue weighted by molar-refractivity contribution is -0.134. The van der Waals surface area contributed by atoms with E-state index in [2.05, 4.69) is 20.8 Å². The minimum absolute atomic E-state index is 0.120. The van der Waals surface area contributed by atoms with Crippen LogP contribution in [0.1, 0.15) is 37.2 Å². The van der Waals surface area contributed by atoms with Crippen LogP contribution in [-0.2, 0) is 4.79 Å². The molecule has 3 nitrogen and oxygen atoms in total. The SMILES string of the molecule is O=C(C1COc2ccccc21)N1CCCCCC1CBr. The number of carbonyl (C=O) groups is 1. The molecule has 20 heavy (non-hydrogen) atoms. The van der Waals surface area contributed by atoms with E-state index in [4.69, 9.17) is 4.74 Å². The summed E-state index contributed by atoms with van der Waals surface area (Å²) in [4.78, 5) is 15.0. The number of para-hydroxylation sites is 1. The number of amides is 1. The molecule has 1 aromatic rings. The summed E-state index contributed by atoms with van der Waals surface area (Å²) in [7, 11) is 0. The molecular weight excluding hydrogens is 318 g/mol. The normalized spacial score (nSPS) is 25.8. The number of fused-ring (bicyclic) bond motifs is 1. The number of likely N-dealkylation sites (tertiary alicyclic amines) is 1. The molecule has 0 N–H and O–H groups in total. The van der Waals surface area contributed by atoms with E-state index in [1.165, 1.54) is 12.8 Å². The minimum atomic E-state index is -0.120. The average molecular weight is 338 g/mol. The zero-order valence-electron chi connectivity index (χ0n) is 11.6. The van der Waals surface area contributed by atoms with Crippen LogP contribution in [0.5, 0.6) is 5.75 Å². The van der Waals surface area contributed by atoms with Gasteiger partial charge in [0.05, 0.1) is 0 Å². The van der Waals surface area contributed by atoms with Crippen LogP contribution in [-0.4, -0.2) is 35.3 Å². The van der Waals surface area contributed by atoms with Gasteiger partial charge in [-0.2, -0.15) is 0 Å². The van der Waals surface area contributed by atoms with Gasteiger partial charge in [-0.15, -0.1) is 0 Å². The number of hydrogen-bond acceptors (Lipinski definition) is 2. The molecule has 1 saturated heterocycles. The molecule has 0 saturated carbocycles. The van der Waals surface area contributed by atoms with Gasteiger partial charge in [-0.25, -0.2) is 0 Å². The minimum Gasteiger partial charge on any atom is -0.492 e. The average Bonchev–Trinajstić information content (AvgIpc) is 2.76. The Morgan fingerprint density at radius 2 is 2.15 bits per heavy atom. The third-order valence-corrected chi connectivity index (χ3v) is 5.08. The third-order valence-electron chi connectivity index (χ3n) is 4.34. The Labute approximate surface area is 128 Å². The Kier molecular flexibility index (Phi) is 4.29. The van der Waals surface area contributed by atoms with E-state index in [0.717, 1.165) is 36.0 Å². The van der Waals surface area contributed by atoms with Crippen molar-refractivity contribution >= 4 is 21.8 Å². The molecule has 0 aromatic heterocycles. The Balaban J connectivity index is 1.81. The van der Waals surface area contributed by atoms with Crippen molar-refractivity contribution in [2.75, 3.05) is 18.5 Å². The summed E-state index contributed by atoms with van der Waals surface area (Å²) in [6, 6.07) is 8.24. The molecule has 0 bridgehead atoms. The lowest BCUT2D eigenvalue weighted by atomic mass is 9.99. The lowest BCUT2D eigenvalue weighted by Crippen LogP contribution is -2.43. The van der Waals surface area contributed by atoms with Crippen LogP contribution in [0, 0.1) is 0 Å². The van der Waals surface area contributed by atoms with Crippen LogP contribution < -0.4 is 4.74 Å². The fraction of sp³-hybridized carbons (Fsp3) is 0.562. The van der Waals surface area contributed by atoms with Gasteiger partial charge in [-0.05, 0) is 18.9 Å². The number of carbonyl (C=O) groups excluding carboxylic acids is 1. The van der Waals surface area contributed by atoms with E-state index in [9.17, 15) is 4.79 Å². The van der Waals surface area contributed by atoms with Gasteiger partial charge in [0.2, 0.25) is 5.91 Å². The first kappa shape index (κ1) is 13.9. The Morgan fingerprint density at radius 3 is 3.00 bits per heavy atom. The largest absolute Gasteiger partial charge is 0.492 e. The van der Waals surface area contributed by atoms with E-state index in [0.29, 0.717) is 12.6 Å². The molecule has 3 rings (SSSR count). The molecule has 2 unspecified atom stereocenters. The second kappa shape index (κ2) is 6.17. The van der Waals surface area contributed by atoms with Gasteiger partial charge < -0.3 is 9.64 Å². The summed E-state index contributed by atoms with van der Waals surface area (Å²) >= 11 is 3.57. The van der Waals surface area contributed by atoms with Crippen molar-refractivity contribution in [1.29, 1.82) is 0 Å². The van der Waals surface area contributed by atoms with E-state index in [1.54, 1.807) is 0 Å². The number of rotatable bonds is 2. The van der Waals surface area contributed by atoms with E-state index >= 15 is 0 Å². The van der Waals surface area contributed by atoms with Crippen molar-refractivity contribution in [3.05, 3.63) is 29.8 Å². The summed E-state index contributed by atoms with van der Waals surface area (Å²) in [6.07, 6.45) is 4.67. The molecule has 2 aliphatic rings. The number of hydrogen-bond donors (Lipinski definition) is 0. The van der Waals surface area contributed by atoms with Crippen molar-refractivity contribution in [3.63, 3.8) is 0 Å². The molecular formula is C16H20BrNO2. The fourth-order valence-corrected chi connectivity index (χ4v) is 3.87. The van der Waals surface area contributed by atoms with Gasteiger partial charge >= 0.3 is 0 Å². The number of benzene rings is 1. The highest BCUT2D eigenvalue weighted by Gasteiger charge is 2.35. The first-order valence-electron chi connectivity index (χ1n) is 7.39. The highest BCUT2D eigenvalue weighted by molar-refractivity contribution is 9.09. The van der Waals surface area contributed by atoms with Gasteiger partial charge in [-0.1, -0.05) is 47.0 Å². The molecule has 1 aromatic carbocycles. The van der Waals surface area contributed by atoms with Crippen molar-refractivity contribution in [2.45, 2.75) is 37.6 Å². The van der Waals surface area contributed by atoms with Crippen molar-refractivity contribution < 1.29 is 9.53 Å². The predicted molar refractivity (Wildman–Crippen MR) is 82.4 cm³/mol. The first-order chi connectivity index (χ1) is 9.81. The number of nitrogens with zero attached hydrogens (tertiary/aromatic N) is 1. The Bertz CT molecular complexity index is 491. The molecule has 2 aliphatic heterocycles. The second-order valence-electron chi connectivity index (χ2n) is 5.59. The molecule has 0 spiro atoms. The Morgan fingerprint density at radius 1 is 1.30 bits per heavy atom. The second-order valence-corrected chi connectivity index (χ2v) is 6.24. The highest BCUT2D eigenvalue weighted by atomic mass is 79.9. The molecule has 2 atom stereocenters. The summed E-state index contributed by atoms with van der Waals surface area (Å²) in [6.45, 7) is 1.37. The van der Waals surface area contributed by atoms with Crippen molar-refractivity contribution in [3.8, 4) is 5.75 Å².